The summed E-state index contributed by atoms with van der Waals surface area (Å²) in [4.78, 5) is 33.5. The van der Waals surface area contributed by atoms with Gasteiger partial charge in [0.1, 0.15) is 11.4 Å². The van der Waals surface area contributed by atoms with Crippen molar-refractivity contribution < 1.29 is 19.1 Å². The summed E-state index contributed by atoms with van der Waals surface area (Å²) in [6.07, 6.45) is 1.52. The fraction of sp³-hybridized carbons (Fsp3) is 0.0833. The molecule has 3 N–H and O–H groups in total. The number of nitrogens with one attached hydrogen (secondary N) is 3. The molecule has 3 rings (SSSR count). The summed E-state index contributed by atoms with van der Waals surface area (Å²) in [6, 6.07) is 4.53. The van der Waals surface area contributed by atoms with Crippen molar-refractivity contribution in [3.63, 3.8) is 0 Å². The van der Waals surface area contributed by atoms with E-state index in [2.05, 4.69) is 16.0 Å². The van der Waals surface area contributed by atoms with Crippen LogP contribution in [-0.2, 0) is 9.59 Å². The van der Waals surface area contributed by atoms with Crippen LogP contribution in [0.2, 0.25) is 0 Å². The van der Waals surface area contributed by atoms with Crippen LogP contribution in [0.3, 0.4) is 0 Å². The van der Waals surface area contributed by atoms with Crippen LogP contribution in [0.4, 0.5) is 10.5 Å². The van der Waals surface area contributed by atoms with Gasteiger partial charge >= 0.3 is 6.03 Å². The Morgan fingerprint density at radius 2 is 1.95 bits per heavy atom. The lowest BCUT2D eigenvalue weighted by molar-refractivity contribution is -0.118. The second kappa shape index (κ2) is 4.13. The largest absolute Gasteiger partial charge is 0.482 e. The molecule has 2 heterocycles. The summed E-state index contributed by atoms with van der Waals surface area (Å²) in [5, 5.41) is 7.15. The predicted molar refractivity (Wildman–Crippen MR) is 65.2 cm³/mol. The lowest BCUT2D eigenvalue weighted by Gasteiger charge is -2.17. The van der Waals surface area contributed by atoms with Crippen LogP contribution in [-0.4, -0.2) is 24.5 Å². The molecular formula is C12H9N3O4. The molecule has 0 atom stereocenters. The van der Waals surface area contributed by atoms with Crippen LogP contribution in [0, 0.1) is 0 Å². The van der Waals surface area contributed by atoms with Crippen molar-refractivity contribution in [2.24, 2.45) is 0 Å². The lowest BCUT2D eigenvalue weighted by atomic mass is 10.1. The number of benzene rings is 1. The molecule has 1 saturated heterocycles. The molecular weight excluding hydrogens is 250 g/mol. The van der Waals surface area contributed by atoms with Gasteiger partial charge < -0.3 is 15.4 Å². The number of anilines is 1. The number of hydrogen-bond donors (Lipinski definition) is 3. The number of fused-ring (bicyclic) bond motifs is 1. The van der Waals surface area contributed by atoms with Crippen molar-refractivity contribution in [1.82, 2.24) is 10.6 Å². The Morgan fingerprint density at radius 3 is 2.68 bits per heavy atom. The van der Waals surface area contributed by atoms with E-state index in [0.717, 1.165) is 0 Å². The van der Waals surface area contributed by atoms with E-state index in [4.69, 9.17) is 4.74 Å². The second-order valence-electron chi connectivity index (χ2n) is 4.06. The van der Waals surface area contributed by atoms with Gasteiger partial charge in [0, 0.05) is 0 Å². The number of urea groups is 1. The van der Waals surface area contributed by atoms with Crippen molar-refractivity contribution in [1.29, 1.82) is 0 Å². The molecule has 96 valence electrons. The maximum Gasteiger partial charge on any atom is 0.326 e. The van der Waals surface area contributed by atoms with Gasteiger partial charge in [0.2, 0.25) is 0 Å². The molecule has 0 bridgehead atoms. The highest BCUT2D eigenvalue weighted by atomic mass is 16.5. The van der Waals surface area contributed by atoms with Crippen molar-refractivity contribution in [2.45, 2.75) is 0 Å². The molecule has 2 aliphatic heterocycles. The van der Waals surface area contributed by atoms with Gasteiger partial charge in [-0.15, -0.1) is 0 Å². The third kappa shape index (κ3) is 2.13. The standard InChI is InChI=1S/C12H9N3O4/c16-10-5-19-9-2-1-6(3-7(9)13-10)4-8-11(17)15-12(18)14-8/h1-4H,5H2,(H,13,16)(H2,14,15,17,18). The minimum absolute atomic E-state index is 0.00804. The average Bonchev–Trinajstić information content (AvgIpc) is 2.67. The number of amides is 4. The number of carbonyl (C=O) groups excluding carboxylic acids is 3. The maximum atomic E-state index is 11.4. The smallest absolute Gasteiger partial charge is 0.326 e. The highest BCUT2D eigenvalue weighted by Gasteiger charge is 2.23. The summed E-state index contributed by atoms with van der Waals surface area (Å²) >= 11 is 0. The number of rotatable bonds is 1. The molecule has 4 amide bonds. The van der Waals surface area contributed by atoms with E-state index in [0.29, 0.717) is 17.0 Å². The summed E-state index contributed by atoms with van der Waals surface area (Å²) in [7, 11) is 0. The summed E-state index contributed by atoms with van der Waals surface area (Å²) in [5.74, 6) is -0.145. The van der Waals surface area contributed by atoms with Gasteiger partial charge in [-0.05, 0) is 23.8 Å². The van der Waals surface area contributed by atoms with Crippen molar-refractivity contribution in [3.05, 3.63) is 29.5 Å². The van der Waals surface area contributed by atoms with E-state index in [1.54, 1.807) is 18.2 Å². The monoisotopic (exact) mass is 259 g/mol. The van der Waals surface area contributed by atoms with Gasteiger partial charge in [-0.25, -0.2) is 4.79 Å². The first-order chi connectivity index (χ1) is 9.11. The Hall–Kier alpha value is -2.83. The fourth-order valence-corrected chi connectivity index (χ4v) is 1.84. The minimum Gasteiger partial charge on any atom is -0.482 e. The molecule has 0 aliphatic carbocycles. The van der Waals surface area contributed by atoms with Gasteiger partial charge in [0.05, 0.1) is 5.69 Å². The van der Waals surface area contributed by atoms with E-state index in [9.17, 15) is 14.4 Å². The SMILES string of the molecule is O=C1COc2ccc(C=C3NC(=O)NC3=O)cc2N1. The molecule has 7 nitrogen and oxygen atoms in total. The van der Waals surface area contributed by atoms with Crippen molar-refractivity contribution >= 4 is 29.6 Å². The molecule has 0 saturated carbocycles. The first kappa shape index (κ1) is 11.3. The normalized spacial score (nSPS) is 19.4. The third-order valence-corrected chi connectivity index (χ3v) is 2.67. The van der Waals surface area contributed by atoms with E-state index in [1.165, 1.54) is 6.08 Å². The number of hydrogen-bond acceptors (Lipinski definition) is 4. The highest BCUT2D eigenvalue weighted by molar-refractivity contribution is 6.14. The summed E-state index contributed by atoms with van der Waals surface area (Å²) in [6.45, 7) is -0.00804. The quantitative estimate of drug-likeness (QED) is 0.495. The Labute approximate surface area is 107 Å². The van der Waals surface area contributed by atoms with Crippen molar-refractivity contribution in [2.75, 3.05) is 11.9 Å². The molecule has 1 aromatic carbocycles. The van der Waals surface area contributed by atoms with Gasteiger partial charge in [-0.2, -0.15) is 0 Å². The van der Waals surface area contributed by atoms with E-state index in [-0.39, 0.29) is 18.2 Å². The Balaban J connectivity index is 1.92. The number of ether oxygens (including phenoxy) is 1. The molecule has 2 aliphatic rings. The molecule has 0 spiro atoms. The molecule has 1 aromatic rings. The second-order valence-corrected chi connectivity index (χ2v) is 4.06. The first-order valence-electron chi connectivity index (χ1n) is 5.52. The van der Waals surface area contributed by atoms with Gasteiger partial charge in [-0.1, -0.05) is 6.07 Å². The van der Waals surface area contributed by atoms with Gasteiger partial charge in [-0.3, -0.25) is 14.9 Å². The molecule has 0 unspecified atom stereocenters. The zero-order valence-corrected chi connectivity index (χ0v) is 9.65. The zero-order valence-electron chi connectivity index (χ0n) is 9.65. The predicted octanol–water partition coefficient (Wildman–Crippen LogP) is 0.198. The minimum atomic E-state index is -0.550. The summed E-state index contributed by atoms with van der Waals surface area (Å²) in [5.41, 5.74) is 1.36. The van der Waals surface area contributed by atoms with E-state index < -0.39 is 11.9 Å². The Morgan fingerprint density at radius 1 is 1.11 bits per heavy atom. The van der Waals surface area contributed by atoms with Gasteiger partial charge in [0.15, 0.2) is 6.61 Å². The number of imide groups is 1. The maximum absolute atomic E-state index is 11.4. The van der Waals surface area contributed by atoms with Crippen LogP contribution in [0.1, 0.15) is 5.56 Å². The van der Waals surface area contributed by atoms with E-state index >= 15 is 0 Å². The van der Waals surface area contributed by atoms with Crippen LogP contribution in [0.25, 0.3) is 6.08 Å². The molecule has 19 heavy (non-hydrogen) atoms. The van der Waals surface area contributed by atoms with Gasteiger partial charge in [0.25, 0.3) is 11.8 Å². The molecule has 0 radical (unpaired) electrons. The van der Waals surface area contributed by atoms with E-state index in [1.807, 2.05) is 0 Å². The molecule has 0 aromatic heterocycles. The van der Waals surface area contributed by atoms with Crippen LogP contribution in [0.5, 0.6) is 5.75 Å². The molecule has 1 fully saturated rings. The fourth-order valence-electron chi connectivity index (χ4n) is 1.84. The van der Waals surface area contributed by atoms with Crippen molar-refractivity contribution in [3.8, 4) is 5.75 Å². The number of carbonyl (C=O) groups is 3. The van der Waals surface area contributed by atoms with Crippen LogP contribution >= 0.6 is 0 Å². The van der Waals surface area contributed by atoms with Crippen LogP contribution in [0.15, 0.2) is 23.9 Å². The van der Waals surface area contributed by atoms with Crippen LogP contribution < -0.4 is 20.7 Å². The topological polar surface area (TPSA) is 96.5 Å². The lowest BCUT2D eigenvalue weighted by Crippen LogP contribution is -2.25. The molecule has 7 heteroatoms. The Kier molecular flexibility index (Phi) is 2.45. The summed E-state index contributed by atoms with van der Waals surface area (Å²) < 4.78 is 5.22. The zero-order chi connectivity index (χ0) is 13.4. The first-order valence-corrected chi connectivity index (χ1v) is 5.52. The highest BCUT2D eigenvalue weighted by Crippen LogP contribution is 2.29. The Bertz CT molecular complexity index is 636. The third-order valence-electron chi connectivity index (χ3n) is 2.67. The average molecular weight is 259 g/mol.